The van der Waals surface area contributed by atoms with E-state index in [1.165, 1.54) is 17.5 Å². The molecule has 150 valence electrons. The van der Waals surface area contributed by atoms with Gasteiger partial charge in [0.15, 0.2) is 6.61 Å². The molecule has 1 saturated heterocycles. The van der Waals surface area contributed by atoms with Gasteiger partial charge in [0.05, 0.1) is 0 Å². The average molecular weight is 392 g/mol. The number of piperazine rings is 1. The van der Waals surface area contributed by atoms with Crippen molar-refractivity contribution in [2.75, 3.05) is 32.8 Å². The first-order valence-electron chi connectivity index (χ1n) is 9.72. The van der Waals surface area contributed by atoms with Crippen molar-refractivity contribution in [2.24, 2.45) is 0 Å². The highest BCUT2D eigenvalue weighted by Crippen LogP contribution is 2.20. The van der Waals surface area contributed by atoms with E-state index in [2.05, 4.69) is 46.3 Å². The predicted molar refractivity (Wildman–Crippen MR) is 108 cm³/mol. The quantitative estimate of drug-likeness (QED) is 0.642. The first-order chi connectivity index (χ1) is 14.2. The molecule has 7 nitrogen and oxygen atoms in total. The van der Waals surface area contributed by atoms with E-state index in [0.29, 0.717) is 11.6 Å². The lowest BCUT2D eigenvalue weighted by atomic mass is 10.1. The van der Waals surface area contributed by atoms with Crippen LogP contribution in [0.3, 0.4) is 0 Å². The van der Waals surface area contributed by atoms with Crippen LogP contribution in [-0.2, 0) is 11.3 Å². The number of amides is 1. The van der Waals surface area contributed by atoms with Crippen LogP contribution in [-0.4, -0.2) is 58.7 Å². The van der Waals surface area contributed by atoms with Crippen molar-refractivity contribution in [3.05, 3.63) is 66.1 Å². The SMILES string of the molecule is Cc1cccc(CN2CCN(C(=O)COc3ccc(-c4nnco4)cc3)CC2)c1. The minimum absolute atomic E-state index is 0.0150. The molecule has 1 aliphatic heterocycles. The molecule has 0 spiro atoms. The zero-order valence-corrected chi connectivity index (χ0v) is 16.5. The Morgan fingerprint density at radius 3 is 2.59 bits per heavy atom. The first-order valence-corrected chi connectivity index (χ1v) is 9.72. The summed E-state index contributed by atoms with van der Waals surface area (Å²) in [7, 11) is 0. The first kappa shape index (κ1) is 19.1. The van der Waals surface area contributed by atoms with E-state index in [4.69, 9.17) is 9.15 Å². The summed E-state index contributed by atoms with van der Waals surface area (Å²) >= 11 is 0. The highest BCUT2D eigenvalue weighted by molar-refractivity contribution is 5.78. The number of hydrogen-bond donors (Lipinski definition) is 0. The van der Waals surface area contributed by atoms with Gasteiger partial charge < -0.3 is 14.1 Å². The lowest BCUT2D eigenvalue weighted by Crippen LogP contribution is -2.49. The van der Waals surface area contributed by atoms with Gasteiger partial charge in [-0.25, -0.2) is 0 Å². The summed E-state index contributed by atoms with van der Waals surface area (Å²) < 4.78 is 10.8. The summed E-state index contributed by atoms with van der Waals surface area (Å²) in [4.78, 5) is 16.7. The second-order valence-electron chi connectivity index (χ2n) is 7.20. The molecule has 1 aromatic heterocycles. The molecule has 29 heavy (non-hydrogen) atoms. The van der Waals surface area contributed by atoms with E-state index in [0.717, 1.165) is 38.3 Å². The van der Waals surface area contributed by atoms with E-state index in [9.17, 15) is 4.79 Å². The molecule has 2 heterocycles. The number of rotatable bonds is 6. The monoisotopic (exact) mass is 392 g/mol. The number of aromatic nitrogens is 2. The van der Waals surface area contributed by atoms with E-state index in [1.54, 1.807) is 12.1 Å². The van der Waals surface area contributed by atoms with Gasteiger partial charge in [0, 0.05) is 38.3 Å². The van der Waals surface area contributed by atoms with Crippen molar-refractivity contribution in [2.45, 2.75) is 13.5 Å². The third-order valence-corrected chi connectivity index (χ3v) is 5.04. The molecule has 4 rings (SSSR count). The van der Waals surface area contributed by atoms with Gasteiger partial charge in [0.2, 0.25) is 12.3 Å². The van der Waals surface area contributed by atoms with Crippen molar-refractivity contribution in [1.82, 2.24) is 20.0 Å². The number of aryl methyl sites for hydroxylation is 1. The summed E-state index contributed by atoms with van der Waals surface area (Å²) in [6.45, 7) is 6.27. The Balaban J connectivity index is 1.23. The van der Waals surface area contributed by atoms with Gasteiger partial charge in [-0.05, 0) is 36.8 Å². The van der Waals surface area contributed by atoms with Crippen LogP contribution in [0.15, 0.2) is 59.3 Å². The van der Waals surface area contributed by atoms with Crippen molar-refractivity contribution >= 4 is 5.91 Å². The van der Waals surface area contributed by atoms with Crippen molar-refractivity contribution < 1.29 is 13.9 Å². The summed E-state index contributed by atoms with van der Waals surface area (Å²) in [5.74, 6) is 1.11. The molecule has 2 aromatic carbocycles. The van der Waals surface area contributed by atoms with Crippen molar-refractivity contribution in [1.29, 1.82) is 0 Å². The fourth-order valence-electron chi connectivity index (χ4n) is 3.45. The summed E-state index contributed by atoms with van der Waals surface area (Å²) in [6, 6.07) is 15.8. The number of carbonyl (C=O) groups excluding carboxylic acids is 1. The van der Waals surface area contributed by atoms with Crippen LogP contribution >= 0.6 is 0 Å². The molecule has 7 heteroatoms. The molecule has 0 bridgehead atoms. The highest BCUT2D eigenvalue weighted by atomic mass is 16.5. The summed E-state index contributed by atoms with van der Waals surface area (Å²) in [5.41, 5.74) is 3.40. The fourth-order valence-corrected chi connectivity index (χ4v) is 3.45. The van der Waals surface area contributed by atoms with Crippen LogP contribution in [0.5, 0.6) is 5.75 Å². The number of carbonyl (C=O) groups is 1. The van der Waals surface area contributed by atoms with Crippen LogP contribution in [0.25, 0.3) is 11.5 Å². The molecule has 1 aliphatic rings. The Labute approximate surface area is 169 Å². The van der Waals surface area contributed by atoms with Crippen molar-refractivity contribution in [3.8, 4) is 17.2 Å². The second-order valence-corrected chi connectivity index (χ2v) is 7.20. The molecule has 1 amide bonds. The van der Waals surface area contributed by atoms with Crippen LogP contribution in [0.2, 0.25) is 0 Å². The van der Waals surface area contributed by atoms with Gasteiger partial charge in [-0.15, -0.1) is 10.2 Å². The zero-order valence-electron chi connectivity index (χ0n) is 16.5. The van der Waals surface area contributed by atoms with Gasteiger partial charge in [-0.1, -0.05) is 29.8 Å². The fraction of sp³-hybridized carbons (Fsp3) is 0.318. The van der Waals surface area contributed by atoms with E-state index >= 15 is 0 Å². The molecule has 0 atom stereocenters. The Kier molecular flexibility index (Phi) is 5.86. The molecule has 0 radical (unpaired) electrons. The standard InChI is InChI=1S/C22H24N4O3/c1-17-3-2-4-18(13-17)14-25-9-11-26(12-10-25)21(27)15-28-20-7-5-19(6-8-20)22-24-23-16-29-22/h2-8,13,16H,9-12,14-15H2,1H3. The largest absolute Gasteiger partial charge is 0.484 e. The maximum atomic E-state index is 12.5. The Bertz CT molecular complexity index is 933. The Hall–Kier alpha value is -3.19. The van der Waals surface area contributed by atoms with Gasteiger partial charge in [0.25, 0.3) is 5.91 Å². The van der Waals surface area contributed by atoms with E-state index in [1.807, 2.05) is 17.0 Å². The summed E-state index contributed by atoms with van der Waals surface area (Å²) in [5, 5.41) is 7.53. The third-order valence-electron chi connectivity index (χ3n) is 5.04. The van der Waals surface area contributed by atoms with E-state index in [-0.39, 0.29) is 12.5 Å². The number of ether oxygens (including phenoxy) is 1. The van der Waals surface area contributed by atoms with E-state index < -0.39 is 0 Å². The third kappa shape index (κ3) is 5.00. The maximum Gasteiger partial charge on any atom is 0.260 e. The zero-order chi connectivity index (χ0) is 20.1. The normalized spacial score (nSPS) is 14.7. The molecule has 0 N–H and O–H groups in total. The minimum atomic E-state index is 0.0150. The van der Waals surface area contributed by atoms with Gasteiger partial charge >= 0.3 is 0 Å². The number of benzene rings is 2. The molecule has 0 aliphatic carbocycles. The predicted octanol–water partition coefficient (Wildman–Crippen LogP) is 2.77. The summed E-state index contributed by atoms with van der Waals surface area (Å²) in [6.07, 6.45) is 1.29. The Morgan fingerprint density at radius 1 is 1.10 bits per heavy atom. The molecular weight excluding hydrogens is 368 g/mol. The lowest BCUT2D eigenvalue weighted by Gasteiger charge is -2.34. The van der Waals surface area contributed by atoms with Crippen LogP contribution in [0, 0.1) is 6.92 Å². The highest BCUT2D eigenvalue weighted by Gasteiger charge is 2.21. The molecule has 0 unspecified atom stereocenters. The average Bonchev–Trinajstić information content (AvgIpc) is 3.28. The topological polar surface area (TPSA) is 71.7 Å². The molecule has 1 fully saturated rings. The number of hydrogen-bond acceptors (Lipinski definition) is 6. The van der Waals surface area contributed by atoms with Crippen LogP contribution in [0.1, 0.15) is 11.1 Å². The molecule has 0 saturated carbocycles. The lowest BCUT2D eigenvalue weighted by molar-refractivity contribution is -0.135. The van der Waals surface area contributed by atoms with Crippen LogP contribution in [0.4, 0.5) is 0 Å². The van der Waals surface area contributed by atoms with Gasteiger partial charge in [-0.3, -0.25) is 9.69 Å². The minimum Gasteiger partial charge on any atom is -0.484 e. The van der Waals surface area contributed by atoms with Crippen LogP contribution < -0.4 is 4.74 Å². The van der Waals surface area contributed by atoms with Crippen molar-refractivity contribution in [3.63, 3.8) is 0 Å². The van der Waals surface area contributed by atoms with Gasteiger partial charge in [-0.2, -0.15) is 0 Å². The maximum absolute atomic E-state index is 12.5. The molecular formula is C22H24N4O3. The Morgan fingerprint density at radius 2 is 1.90 bits per heavy atom. The number of nitrogens with zero attached hydrogens (tertiary/aromatic N) is 4. The second kappa shape index (κ2) is 8.87. The smallest absolute Gasteiger partial charge is 0.260 e. The van der Waals surface area contributed by atoms with Gasteiger partial charge in [0.1, 0.15) is 5.75 Å². The molecule has 3 aromatic rings.